The van der Waals surface area contributed by atoms with Crippen LogP contribution < -0.4 is 0 Å². The van der Waals surface area contributed by atoms with Crippen LogP contribution in [0.5, 0.6) is 0 Å². The molecule has 0 N–H and O–H groups in total. The second-order valence-corrected chi connectivity index (χ2v) is 5.23. The smallest absolute Gasteiger partial charge is 0.311 e. The molecule has 1 heterocycles. The Hall–Kier alpha value is -0.900. The summed E-state index contributed by atoms with van der Waals surface area (Å²) in [7, 11) is 1.40. The van der Waals surface area contributed by atoms with Gasteiger partial charge in [0.25, 0.3) is 0 Å². The number of carbonyl (C=O) groups is 2. The van der Waals surface area contributed by atoms with Crippen LogP contribution in [-0.2, 0) is 19.1 Å². The fourth-order valence-electron chi connectivity index (χ4n) is 2.74. The van der Waals surface area contributed by atoms with Crippen molar-refractivity contribution in [3.8, 4) is 0 Å². The zero-order valence-electron chi connectivity index (χ0n) is 11.7. The third-order valence-electron chi connectivity index (χ3n) is 3.92. The van der Waals surface area contributed by atoms with Crippen molar-refractivity contribution < 1.29 is 19.1 Å². The number of hydrogen-bond acceptors (Lipinski definition) is 4. The fraction of sp³-hybridized carbons (Fsp3) is 0.857. The summed E-state index contributed by atoms with van der Waals surface area (Å²) in [5, 5.41) is 0. The SMILES string of the molecule is CCC(C(=O)OC)C1CCC(C)C(C(C)C=O)O1. The maximum Gasteiger partial charge on any atom is 0.311 e. The molecular weight excluding hydrogens is 232 g/mol. The molecule has 1 saturated heterocycles. The molecule has 0 aliphatic carbocycles. The zero-order chi connectivity index (χ0) is 13.7. The molecule has 104 valence electrons. The quantitative estimate of drug-likeness (QED) is 0.559. The van der Waals surface area contributed by atoms with E-state index < -0.39 is 0 Å². The Bertz CT molecular complexity index is 290. The Balaban J connectivity index is 2.73. The number of carbonyl (C=O) groups excluding carboxylic acids is 2. The fourth-order valence-corrected chi connectivity index (χ4v) is 2.74. The first-order valence-corrected chi connectivity index (χ1v) is 6.73. The van der Waals surface area contributed by atoms with Gasteiger partial charge in [0.05, 0.1) is 25.2 Å². The van der Waals surface area contributed by atoms with Crippen molar-refractivity contribution in [3.63, 3.8) is 0 Å². The molecule has 18 heavy (non-hydrogen) atoms. The third kappa shape index (κ3) is 3.31. The van der Waals surface area contributed by atoms with E-state index in [1.54, 1.807) is 0 Å². The van der Waals surface area contributed by atoms with Gasteiger partial charge in [0.1, 0.15) is 6.29 Å². The van der Waals surface area contributed by atoms with E-state index in [0.29, 0.717) is 12.3 Å². The first-order valence-electron chi connectivity index (χ1n) is 6.73. The topological polar surface area (TPSA) is 52.6 Å². The highest BCUT2D eigenvalue weighted by atomic mass is 16.5. The number of aldehydes is 1. The van der Waals surface area contributed by atoms with Crippen molar-refractivity contribution in [1.82, 2.24) is 0 Å². The molecule has 0 bridgehead atoms. The first kappa shape index (κ1) is 15.2. The Labute approximate surface area is 109 Å². The molecule has 4 nitrogen and oxygen atoms in total. The average Bonchev–Trinajstić information content (AvgIpc) is 2.40. The third-order valence-corrected chi connectivity index (χ3v) is 3.92. The Morgan fingerprint density at radius 2 is 2.17 bits per heavy atom. The van der Waals surface area contributed by atoms with Gasteiger partial charge in [0.2, 0.25) is 0 Å². The van der Waals surface area contributed by atoms with Crippen molar-refractivity contribution in [2.75, 3.05) is 7.11 Å². The molecule has 1 aliphatic rings. The highest BCUT2D eigenvalue weighted by molar-refractivity contribution is 5.72. The van der Waals surface area contributed by atoms with E-state index in [9.17, 15) is 9.59 Å². The van der Waals surface area contributed by atoms with Crippen LogP contribution in [-0.4, -0.2) is 31.6 Å². The van der Waals surface area contributed by atoms with Crippen LogP contribution in [0.4, 0.5) is 0 Å². The summed E-state index contributed by atoms with van der Waals surface area (Å²) in [4.78, 5) is 22.6. The molecule has 5 atom stereocenters. The minimum atomic E-state index is -0.219. The molecule has 0 amide bonds. The summed E-state index contributed by atoms with van der Waals surface area (Å²) in [6.45, 7) is 5.93. The summed E-state index contributed by atoms with van der Waals surface area (Å²) in [6.07, 6.45) is 3.28. The largest absolute Gasteiger partial charge is 0.469 e. The summed E-state index contributed by atoms with van der Waals surface area (Å²) < 4.78 is 10.8. The van der Waals surface area contributed by atoms with E-state index in [2.05, 4.69) is 6.92 Å². The van der Waals surface area contributed by atoms with Crippen molar-refractivity contribution >= 4 is 12.3 Å². The molecular formula is C14H24O4. The molecule has 0 saturated carbocycles. The van der Waals surface area contributed by atoms with Gasteiger partial charge >= 0.3 is 5.97 Å². The maximum atomic E-state index is 11.7. The first-order chi connectivity index (χ1) is 8.54. The summed E-state index contributed by atoms with van der Waals surface area (Å²) in [6, 6.07) is 0. The Morgan fingerprint density at radius 3 is 2.67 bits per heavy atom. The van der Waals surface area contributed by atoms with Gasteiger partial charge in [-0.25, -0.2) is 0 Å². The van der Waals surface area contributed by atoms with E-state index in [4.69, 9.17) is 9.47 Å². The van der Waals surface area contributed by atoms with Crippen molar-refractivity contribution in [1.29, 1.82) is 0 Å². The Kier molecular flexibility index (Phi) is 5.79. The predicted octanol–water partition coefficient (Wildman–Crippen LogP) is 2.20. The minimum absolute atomic E-state index is 0.0834. The lowest BCUT2D eigenvalue weighted by molar-refractivity contribution is -0.164. The Morgan fingerprint density at radius 1 is 1.50 bits per heavy atom. The molecule has 4 heteroatoms. The number of hydrogen-bond donors (Lipinski definition) is 0. The van der Waals surface area contributed by atoms with Crippen molar-refractivity contribution in [2.45, 2.75) is 52.2 Å². The number of esters is 1. The molecule has 0 spiro atoms. The van der Waals surface area contributed by atoms with Gasteiger partial charge in [-0.15, -0.1) is 0 Å². The van der Waals surface area contributed by atoms with Crippen LogP contribution in [0.15, 0.2) is 0 Å². The summed E-state index contributed by atoms with van der Waals surface area (Å²) in [5.74, 6) is -0.201. The average molecular weight is 256 g/mol. The monoisotopic (exact) mass is 256 g/mol. The standard InChI is InChI=1S/C14H24O4/c1-5-11(14(16)17-4)12-7-6-9(2)13(18-12)10(3)8-15/h8-13H,5-7H2,1-4H3. The van der Waals surface area contributed by atoms with E-state index in [1.807, 2.05) is 13.8 Å². The second-order valence-electron chi connectivity index (χ2n) is 5.23. The highest BCUT2D eigenvalue weighted by Crippen LogP contribution is 2.33. The summed E-state index contributed by atoms with van der Waals surface area (Å²) >= 11 is 0. The van der Waals surface area contributed by atoms with Gasteiger partial charge < -0.3 is 14.3 Å². The van der Waals surface area contributed by atoms with Crippen LogP contribution in [0.25, 0.3) is 0 Å². The van der Waals surface area contributed by atoms with Gasteiger partial charge in [-0.3, -0.25) is 4.79 Å². The van der Waals surface area contributed by atoms with Gasteiger partial charge in [-0.05, 0) is 25.2 Å². The molecule has 5 unspecified atom stereocenters. The molecule has 0 aromatic carbocycles. The van der Waals surface area contributed by atoms with Gasteiger partial charge in [0.15, 0.2) is 0 Å². The molecule has 1 fully saturated rings. The van der Waals surface area contributed by atoms with Crippen molar-refractivity contribution in [2.24, 2.45) is 17.8 Å². The molecule has 1 rings (SSSR count). The van der Waals surface area contributed by atoms with E-state index in [0.717, 1.165) is 19.1 Å². The van der Waals surface area contributed by atoms with Crippen molar-refractivity contribution in [3.05, 3.63) is 0 Å². The molecule has 0 aromatic rings. The normalized spacial score (nSPS) is 31.4. The van der Waals surface area contributed by atoms with Crippen LogP contribution in [0.2, 0.25) is 0 Å². The summed E-state index contributed by atoms with van der Waals surface area (Å²) in [5.41, 5.74) is 0. The molecule has 0 aromatic heterocycles. The number of methoxy groups -OCH3 is 1. The van der Waals surface area contributed by atoms with Crippen LogP contribution in [0, 0.1) is 17.8 Å². The van der Waals surface area contributed by atoms with E-state index in [-0.39, 0.29) is 30.0 Å². The van der Waals surface area contributed by atoms with Gasteiger partial charge in [-0.2, -0.15) is 0 Å². The molecule has 0 radical (unpaired) electrons. The lowest BCUT2D eigenvalue weighted by atomic mass is 9.83. The van der Waals surface area contributed by atoms with E-state index in [1.165, 1.54) is 7.11 Å². The zero-order valence-corrected chi connectivity index (χ0v) is 11.7. The highest BCUT2D eigenvalue weighted by Gasteiger charge is 2.37. The van der Waals surface area contributed by atoms with E-state index >= 15 is 0 Å². The lowest BCUT2D eigenvalue weighted by Gasteiger charge is -2.39. The van der Waals surface area contributed by atoms with Gasteiger partial charge in [-0.1, -0.05) is 20.8 Å². The lowest BCUT2D eigenvalue weighted by Crippen LogP contribution is -2.43. The van der Waals surface area contributed by atoms with Crippen LogP contribution in [0.1, 0.15) is 40.0 Å². The van der Waals surface area contributed by atoms with Crippen LogP contribution >= 0.6 is 0 Å². The second kappa shape index (κ2) is 6.88. The maximum absolute atomic E-state index is 11.7. The number of rotatable bonds is 5. The van der Waals surface area contributed by atoms with Gasteiger partial charge in [0, 0.05) is 5.92 Å². The minimum Gasteiger partial charge on any atom is -0.469 e. The predicted molar refractivity (Wildman–Crippen MR) is 68.1 cm³/mol. The van der Waals surface area contributed by atoms with Crippen LogP contribution in [0.3, 0.4) is 0 Å². The number of ether oxygens (including phenoxy) is 2. The molecule has 1 aliphatic heterocycles.